The van der Waals surface area contributed by atoms with E-state index in [1.54, 1.807) is 6.92 Å². The quantitative estimate of drug-likeness (QED) is 0.522. The molecule has 2 aromatic heterocycles. The number of halogens is 2. The number of rotatable bonds is 4. The molecule has 0 amide bonds. The third-order valence-corrected chi connectivity index (χ3v) is 5.81. The Morgan fingerprint density at radius 3 is 2.63 bits per heavy atom. The lowest BCUT2D eigenvalue weighted by molar-refractivity contribution is 0.460. The number of hydrogen-bond donors (Lipinski definition) is 1. The fourth-order valence-electron chi connectivity index (χ4n) is 3.83. The SMILES string of the molecule is Cc1nn(C)c(=O)c(-c2c(F)ccc(Cl)c2CCc2ccc3ccn(C)c3c2)c1O. The minimum Gasteiger partial charge on any atom is -0.505 e. The van der Waals surface area contributed by atoms with Gasteiger partial charge in [0.2, 0.25) is 0 Å². The molecule has 154 valence electrons. The molecular formula is C23H21ClFN3O2. The van der Waals surface area contributed by atoms with Crippen molar-refractivity contribution >= 4 is 22.5 Å². The van der Waals surface area contributed by atoms with Crippen LogP contribution in [0.5, 0.6) is 5.75 Å². The first kappa shape index (κ1) is 20.2. The van der Waals surface area contributed by atoms with Gasteiger partial charge in [0, 0.05) is 36.4 Å². The van der Waals surface area contributed by atoms with Gasteiger partial charge in [-0.2, -0.15) is 5.10 Å². The van der Waals surface area contributed by atoms with Crippen LogP contribution >= 0.6 is 11.6 Å². The summed E-state index contributed by atoms with van der Waals surface area (Å²) >= 11 is 6.43. The highest BCUT2D eigenvalue weighted by Crippen LogP contribution is 2.36. The van der Waals surface area contributed by atoms with Crippen LogP contribution in [0.15, 0.2) is 47.4 Å². The van der Waals surface area contributed by atoms with Crippen molar-refractivity contribution in [1.29, 1.82) is 0 Å². The second-order valence-corrected chi connectivity index (χ2v) is 7.85. The third-order valence-electron chi connectivity index (χ3n) is 5.46. The van der Waals surface area contributed by atoms with E-state index in [9.17, 15) is 14.3 Å². The fourth-order valence-corrected chi connectivity index (χ4v) is 4.08. The van der Waals surface area contributed by atoms with Gasteiger partial charge in [0.15, 0.2) is 5.75 Å². The number of aromatic hydroxyl groups is 1. The van der Waals surface area contributed by atoms with E-state index in [1.807, 2.05) is 36.0 Å². The molecule has 0 atom stereocenters. The van der Waals surface area contributed by atoms with Gasteiger partial charge >= 0.3 is 0 Å². The van der Waals surface area contributed by atoms with Crippen molar-refractivity contribution < 1.29 is 9.50 Å². The molecule has 0 fully saturated rings. The molecule has 0 unspecified atom stereocenters. The summed E-state index contributed by atoms with van der Waals surface area (Å²) in [6.45, 7) is 1.56. The smallest absolute Gasteiger partial charge is 0.278 e. The number of benzene rings is 2. The molecule has 30 heavy (non-hydrogen) atoms. The molecule has 5 nitrogen and oxygen atoms in total. The molecule has 0 spiro atoms. The van der Waals surface area contributed by atoms with Crippen LogP contribution in [0.2, 0.25) is 5.02 Å². The van der Waals surface area contributed by atoms with Gasteiger partial charge in [0.25, 0.3) is 5.56 Å². The Hall–Kier alpha value is -3.12. The van der Waals surface area contributed by atoms with Gasteiger partial charge < -0.3 is 9.67 Å². The lowest BCUT2D eigenvalue weighted by Crippen LogP contribution is -2.23. The Balaban J connectivity index is 1.81. The van der Waals surface area contributed by atoms with E-state index in [4.69, 9.17) is 11.6 Å². The maximum absolute atomic E-state index is 14.9. The van der Waals surface area contributed by atoms with Crippen molar-refractivity contribution in [1.82, 2.24) is 14.3 Å². The molecule has 0 saturated heterocycles. The normalized spacial score (nSPS) is 11.4. The van der Waals surface area contributed by atoms with E-state index in [1.165, 1.54) is 19.2 Å². The Kier molecular flexibility index (Phi) is 5.12. The van der Waals surface area contributed by atoms with Crippen LogP contribution in [0.1, 0.15) is 16.8 Å². The summed E-state index contributed by atoms with van der Waals surface area (Å²) < 4.78 is 18.1. The summed E-state index contributed by atoms with van der Waals surface area (Å²) in [5.74, 6) is -0.934. The fraction of sp³-hybridized carbons (Fsp3) is 0.217. The average molecular weight is 426 g/mol. The monoisotopic (exact) mass is 425 g/mol. The van der Waals surface area contributed by atoms with Gasteiger partial charge in [0.05, 0.1) is 5.56 Å². The molecule has 0 radical (unpaired) electrons. The molecule has 0 saturated carbocycles. The second kappa shape index (κ2) is 7.61. The molecule has 0 bridgehead atoms. The summed E-state index contributed by atoms with van der Waals surface area (Å²) in [7, 11) is 3.45. The topological polar surface area (TPSA) is 60.0 Å². The first-order valence-corrected chi connectivity index (χ1v) is 9.93. The van der Waals surface area contributed by atoms with E-state index in [0.29, 0.717) is 23.4 Å². The number of fused-ring (bicyclic) bond motifs is 1. The second-order valence-electron chi connectivity index (χ2n) is 7.44. The number of nitrogens with zero attached hydrogens (tertiary/aromatic N) is 3. The summed E-state index contributed by atoms with van der Waals surface area (Å²) in [6, 6.07) is 10.9. The molecule has 0 aliphatic heterocycles. The van der Waals surface area contributed by atoms with E-state index < -0.39 is 11.4 Å². The first-order chi connectivity index (χ1) is 14.3. The van der Waals surface area contributed by atoms with E-state index in [2.05, 4.69) is 11.2 Å². The summed E-state index contributed by atoms with van der Waals surface area (Å²) in [5.41, 5.74) is 2.25. The van der Waals surface area contributed by atoms with Crippen molar-refractivity contribution in [2.75, 3.05) is 0 Å². The average Bonchev–Trinajstić information content (AvgIpc) is 3.09. The maximum atomic E-state index is 14.9. The maximum Gasteiger partial charge on any atom is 0.278 e. The van der Waals surface area contributed by atoms with Crippen LogP contribution in [-0.2, 0) is 26.9 Å². The van der Waals surface area contributed by atoms with Crippen molar-refractivity contribution in [2.45, 2.75) is 19.8 Å². The lowest BCUT2D eigenvalue weighted by atomic mass is 9.94. The Morgan fingerprint density at radius 1 is 1.10 bits per heavy atom. The molecular weight excluding hydrogens is 405 g/mol. The zero-order chi connectivity index (χ0) is 21.6. The Morgan fingerprint density at radius 2 is 1.87 bits per heavy atom. The van der Waals surface area contributed by atoms with Gasteiger partial charge in [-0.25, -0.2) is 9.07 Å². The number of hydrogen-bond acceptors (Lipinski definition) is 3. The largest absolute Gasteiger partial charge is 0.505 e. The molecule has 7 heteroatoms. The van der Waals surface area contributed by atoms with Crippen molar-refractivity contribution in [3.05, 3.63) is 80.6 Å². The van der Waals surface area contributed by atoms with E-state index in [-0.39, 0.29) is 22.6 Å². The minimum absolute atomic E-state index is 0.0334. The molecule has 2 aromatic carbocycles. The predicted molar refractivity (Wildman–Crippen MR) is 117 cm³/mol. The Bertz CT molecular complexity index is 1340. The number of aryl methyl sites for hydroxylation is 4. The van der Waals surface area contributed by atoms with Crippen molar-refractivity contribution in [3.8, 4) is 16.9 Å². The zero-order valence-corrected chi connectivity index (χ0v) is 17.7. The molecule has 4 rings (SSSR count). The van der Waals surface area contributed by atoms with Gasteiger partial charge in [-0.05, 0) is 60.5 Å². The minimum atomic E-state index is -0.606. The van der Waals surface area contributed by atoms with Gasteiger partial charge in [0.1, 0.15) is 11.5 Å². The summed E-state index contributed by atoms with van der Waals surface area (Å²) in [4.78, 5) is 12.7. The van der Waals surface area contributed by atoms with Crippen LogP contribution < -0.4 is 5.56 Å². The highest BCUT2D eigenvalue weighted by atomic mass is 35.5. The first-order valence-electron chi connectivity index (χ1n) is 9.56. The highest BCUT2D eigenvalue weighted by Gasteiger charge is 2.23. The van der Waals surface area contributed by atoms with E-state index in [0.717, 1.165) is 21.1 Å². The van der Waals surface area contributed by atoms with Crippen LogP contribution in [0.3, 0.4) is 0 Å². The van der Waals surface area contributed by atoms with Gasteiger partial charge in [-0.1, -0.05) is 23.7 Å². The predicted octanol–water partition coefficient (Wildman–Crippen LogP) is 4.53. The Labute approximate surface area is 178 Å². The third kappa shape index (κ3) is 3.37. The van der Waals surface area contributed by atoms with Crippen LogP contribution in [0.25, 0.3) is 22.0 Å². The van der Waals surface area contributed by atoms with Crippen molar-refractivity contribution in [2.24, 2.45) is 14.1 Å². The standard InChI is InChI=1S/C23H21ClFN3O2/c1-13-22(29)21(23(30)28(3)26-13)20-16(17(24)8-9-18(20)25)7-5-14-4-6-15-10-11-27(2)19(15)12-14/h4,6,8-12,29H,5,7H2,1-3H3. The van der Waals surface area contributed by atoms with Crippen molar-refractivity contribution in [3.63, 3.8) is 0 Å². The summed E-state index contributed by atoms with van der Waals surface area (Å²) in [6.07, 6.45) is 3.01. The number of aromatic nitrogens is 3. The van der Waals surface area contributed by atoms with Gasteiger partial charge in [-0.15, -0.1) is 0 Å². The lowest BCUT2D eigenvalue weighted by Gasteiger charge is -2.15. The van der Waals surface area contributed by atoms with E-state index >= 15 is 0 Å². The molecule has 4 aromatic rings. The molecule has 2 heterocycles. The van der Waals surface area contributed by atoms with Crippen LogP contribution in [0, 0.1) is 12.7 Å². The van der Waals surface area contributed by atoms with Gasteiger partial charge in [-0.3, -0.25) is 4.79 Å². The molecule has 0 aliphatic rings. The highest BCUT2D eigenvalue weighted by molar-refractivity contribution is 6.31. The summed E-state index contributed by atoms with van der Waals surface area (Å²) in [5, 5.41) is 16.0. The zero-order valence-electron chi connectivity index (χ0n) is 16.9. The van der Waals surface area contributed by atoms with Crippen LogP contribution in [0.4, 0.5) is 4.39 Å². The van der Waals surface area contributed by atoms with Crippen LogP contribution in [-0.4, -0.2) is 19.5 Å². The molecule has 1 N–H and O–H groups in total. The molecule has 0 aliphatic carbocycles.